The first-order valence-corrected chi connectivity index (χ1v) is 4.54. The summed E-state index contributed by atoms with van der Waals surface area (Å²) >= 11 is 11.3. The molecule has 0 aromatic carbocycles. The van der Waals surface area contributed by atoms with Crippen LogP contribution in [0.25, 0.3) is 6.08 Å². The van der Waals surface area contributed by atoms with E-state index in [0.717, 1.165) is 5.56 Å². The fraction of sp³-hybridized carbons (Fsp3) is 0.111. The number of halogens is 2. The van der Waals surface area contributed by atoms with Crippen molar-refractivity contribution in [3.63, 3.8) is 0 Å². The van der Waals surface area contributed by atoms with Crippen LogP contribution in [-0.2, 0) is 4.79 Å². The van der Waals surface area contributed by atoms with Crippen LogP contribution in [0.4, 0.5) is 0 Å². The maximum absolute atomic E-state index is 10.2. The van der Waals surface area contributed by atoms with Crippen molar-refractivity contribution in [1.29, 1.82) is 0 Å². The number of carboxylic acid groups (broad SMARTS) is 1. The molecule has 3 nitrogen and oxygen atoms in total. The molecule has 14 heavy (non-hydrogen) atoms. The van der Waals surface area contributed by atoms with E-state index in [4.69, 9.17) is 28.3 Å². The van der Waals surface area contributed by atoms with E-state index in [1.165, 1.54) is 12.3 Å². The number of hydrogen-bond acceptors (Lipinski definition) is 2. The molecular weight excluding hydrogens is 225 g/mol. The molecule has 0 aliphatic carbocycles. The van der Waals surface area contributed by atoms with Gasteiger partial charge in [-0.25, -0.2) is 4.98 Å². The predicted molar refractivity (Wildman–Crippen MR) is 55.5 cm³/mol. The molecule has 1 heterocycles. The van der Waals surface area contributed by atoms with Crippen molar-refractivity contribution in [2.24, 2.45) is 0 Å². The van der Waals surface area contributed by atoms with Gasteiger partial charge < -0.3 is 5.11 Å². The molecule has 1 aromatic rings. The normalized spacial score (nSPS) is 10.7. The smallest absolute Gasteiger partial charge is 0.307 e. The van der Waals surface area contributed by atoms with E-state index in [2.05, 4.69) is 4.98 Å². The number of aromatic nitrogens is 1. The van der Waals surface area contributed by atoms with Crippen molar-refractivity contribution < 1.29 is 9.90 Å². The molecule has 1 N–H and O–H groups in total. The molecule has 5 heteroatoms. The van der Waals surface area contributed by atoms with Crippen molar-refractivity contribution in [2.75, 3.05) is 0 Å². The third-order valence-electron chi connectivity index (χ3n) is 1.42. The molecule has 74 valence electrons. The van der Waals surface area contributed by atoms with Crippen LogP contribution in [0.5, 0.6) is 0 Å². The molecule has 0 saturated heterocycles. The number of carbonyl (C=O) groups is 1. The molecule has 0 spiro atoms. The standard InChI is InChI=1S/C9H7Cl2NO2/c10-7-4-6(5-12-9(7)11)2-1-3-8(13)14/h1-2,4-5H,3H2,(H,13,14). The zero-order chi connectivity index (χ0) is 10.6. The van der Waals surface area contributed by atoms with E-state index in [1.807, 2.05) is 0 Å². The first-order valence-electron chi connectivity index (χ1n) is 3.79. The predicted octanol–water partition coefficient (Wildman–Crippen LogP) is 2.88. The van der Waals surface area contributed by atoms with Gasteiger partial charge in [0.1, 0.15) is 5.15 Å². The second kappa shape index (κ2) is 4.98. The van der Waals surface area contributed by atoms with Crippen LogP contribution >= 0.6 is 23.2 Å². The van der Waals surface area contributed by atoms with Crippen LogP contribution in [0.2, 0.25) is 10.2 Å². The number of hydrogen-bond donors (Lipinski definition) is 1. The second-order valence-electron chi connectivity index (χ2n) is 2.54. The SMILES string of the molecule is O=C(O)CC=Cc1cnc(Cl)c(Cl)c1. The van der Waals surface area contributed by atoms with E-state index in [-0.39, 0.29) is 11.6 Å². The van der Waals surface area contributed by atoms with E-state index in [1.54, 1.807) is 12.1 Å². The summed E-state index contributed by atoms with van der Waals surface area (Å²) in [7, 11) is 0. The topological polar surface area (TPSA) is 50.2 Å². The van der Waals surface area contributed by atoms with Crippen molar-refractivity contribution in [3.8, 4) is 0 Å². The molecule has 1 rings (SSSR count). The third kappa shape index (κ3) is 3.36. The highest BCUT2D eigenvalue weighted by Crippen LogP contribution is 2.20. The summed E-state index contributed by atoms with van der Waals surface area (Å²) in [5.74, 6) is -0.880. The Kier molecular flexibility index (Phi) is 3.92. The molecule has 0 unspecified atom stereocenters. The zero-order valence-corrected chi connectivity index (χ0v) is 8.59. The molecule has 0 aliphatic rings. The Morgan fingerprint density at radius 3 is 2.86 bits per heavy atom. The average Bonchev–Trinajstić information content (AvgIpc) is 2.10. The first-order chi connectivity index (χ1) is 6.59. The molecule has 0 aliphatic heterocycles. The summed E-state index contributed by atoms with van der Waals surface area (Å²) in [5.41, 5.74) is 0.723. The largest absolute Gasteiger partial charge is 0.481 e. The van der Waals surface area contributed by atoms with Gasteiger partial charge in [0, 0.05) is 6.20 Å². The minimum Gasteiger partial charge on any atom is -0.481 e. The van der Waals surface area contributed by atoms with Crippen LogP contribution in [0.15, 0.2) is 18.3 Å². The van der Waals surface area contributed by atoms with Gasteiger partial charge in [-0.2, -0.15) is 0 Å². The molecule has 0 fully saturated rings. The lowest BCUT2D eigenvalue weighted by atomic mass is 10.2. The molecular formula is C9H7Cl2NO2. The highest BCUT2D eigenvalue weighted by molar-refractivity contribution is 6.41. The van der Waals surface area contributed by atoms with E-state index in [9.17, 15) is 4.79 Å². The molecule has 1 aromatic heterocycles. The van der Waals surface area contributed by atoms with Crippen LogP contribution in [-0.4, -0.2) is 16.1 Å². The Morgan fingerprint density at radius 1 is 1.57 bits per heavy atom. The maximum atomic E-state index is 10.2. The summed E-state index contributed by atoms with van der Waals surface area (Å²) in [5, 5.41) is 8.97. The van der Waals surface area contributed by atoms with Crippen LogP contribution < -0.4 is 0 Å². The lowest BCUT2D eigenvalue weighted by Gasteiger charge is -1.95. The third-order valence-corrected chi connectivity index (χ3v) is 2.11. The Hall–Kier alpha value is -1.06. The Balaban J connectivity index is 2.73. The number of rotatable bonds is 3. The van der Waals surface area contributed by atoms with Gasteiger partial charge in [0.25, 0.3) is 0 Å². The average molecular weight is 232 g/mol. The van der Waals surface area contributed by atoms with Crippen molar-refractivity contribution in [1.82, 2.24) is 4.98 Å². The highest BCUT2D eigenvalue weighted by atomic mass is 35.5. The van der Waals surface area contributed by atoms with Gasteiger partial charge in [-0.1, -0.05) is 35.4 Å². The van der Waals surface area contributed by atoms with E-state index >= 15 is 0 Å². The molecule has 0 radical (unpaired) electrons. The van der Waals surface area contributed by atoms with Gasteiger partial charge in [-0.3, -0.25) is 4.79 Å². The lowest BCUT2D eigenvalue weighted by Crippen LogP contribution is -1.89. The van der Waals surface area contributed by atoms with Gasteiger partial charge in [-0.05, 0) is 11.6 Å². The summed E-state index contributed by atoms with van der Waals surface area (Å²) in [6.07, 6.45) is 4.64. The van der Waals surface area contributed by atoms with E-state index in [0.29, 0.717) is 5.02 Å². The maximum Gasteiger partial charge on any atom is 0.307 e. The van der Waals surface area contributed by atoms with Crippen LogP contribution in [0.1, 0.15) is 12.0 Å². The molecule has 0 amide bonds. The van der Waals surface area contributed by atoms with Gasteiger partial charge in [0.15, 0.2) is 0 Å². The molecule has 0 bridgehead atoms. The summed E-state index contributed by atoms with van der Waals surface area (Å²) in [4.78, 5) is 14.0. The van der Waals surface area contributed by atoms with Gasteiger partial charge in [0.05, 0.1) is 11.4 Å². The number of aliphatic carboxylic acids is 1. The minimum absolute atomic E-state index is 0.0275. The van der Waals surface area contributed by atoms with Crippen LogP contribution in [0.3, 0.4) is 0 Å². The second-order valence-corrected chi connectivity index (χ2v) is 3.31. The molecule has 0 atom stereocenters. The highest BCUT2D eigenvalue weighted by Gasteiger charge is 1.98. The van der Waals surface area contributed by atoms with Crippen LogP contribution in [0, 0.1) is 0 Å². The quantitative estimate of drug-likeness (QED) is 0.815. The Labute approximate surface area is 91.0 Å². The van der Waals surface area contributed by atoms with E-state index < -0.39 is 5.97 Å². The van der Waals surface area contributed by atoms with Crippen molar-refractivity contribution >= 4 is 35.2 Å². The van der Waals surface area contributed by atoms with Gasteiger partial charge in [0.2, 0.25) is 0 Å². The lowest BCUT2D eigenvalue weighted by molar-refractivity contribution is -0.135. The summed E-state index contributed by atoms with van der Waals surface area (Å²) < 4.78 is 0. The fourth-order valence-corrected chi connectivity index (χ4v) is 1.10. The summed E-state index contributed by atoms with van der Waals surface area (Å²) in [6, 6.07) is 1.62. The molecule has 0 saturated carbocycles. The minimum atomic E-state index is -0.880. The monoisotopic (exact) mass is 231 g/mol. The first kappa shape index (κ1) is 11.0. The number of carboxylic acids is 1. The van der Waals surface area contributed by atoms with Gasteiger partial charge >= 0.3 is 5.97 Å². The van der Waals surface area contributed by atoms with Crippen molar-refractivity contribution in [2.45, 2.75) is 6.42 Å². The number of pyridine rings is 1. The number of nitrogens with zero attached hydrogens (tertiary/aromatic N) is 1. The van der Waals surface area contributed by atoms with Gasteiger partial charge in [-0.15, -0.1) is 0 Å². The summed E-state index contributed by atoms with van der Waals surface area (Å²) in [6.45, 7) is 0. The Morgan fingerprint density at radius 2 is 2.29 bits per heavy atom. The fourth-order valence-electron chi connectivity index (χ4n) is 0.823. The zero-order valence-electron chi connectivity index (χ0n) is 7.08. The van der Waals surface area contributed by atoms with Crippen molar-refractivity contribution in [3.05, 3.63) is 34.1 Å². The Bertz CT molecular complexity index is 377.